The maximum atomic E-state index is 10.4. The molecule has 0 fully saturated rings. The van der Waals surface area contributed by atoms with E-state index in [0.29, 0.717) is 24.1 Å². The summed E-state index contributed by atoms with van der Waals surface area (Å²) in [5, 5.41) is 16.5. The molecule has 0 aliphatic rings. The van der Waals surface area contributed by atoms with Gasteiger partial charge in [-0.2, -0.15) is 0 Å². The van der Waals surface area contributed by atoms with Crippen molar-refractivity contribution in [2.24, 2.45) is 0 Å². The maximum Gasteiger partial charge on any atom is 0.274 e. The highest BCUT2D eigenvalue weighted by Crippen LogP contribution is 2.05. The van der Waals surface area contributed by atoms with Crippen LogP contribution in [0.3, 0.4) is 0 Å². The Labute approximate surface area is 104 Å². The fraction of sp³-hybridized carbons (Fsp3) is 0.300. The van der Waals surface area contributed by atoms with Gasteiger partial charge in [-0.25, -0.2) is 4.98 Å². The molecule has 0 saturated carbocycles. The minimum absolute atomic E-state index is 0.368. The quantitative estimate of drug-likeness (QED) is 0.458. The van der Waals surface area contributed by atoms with E-state index in [1.807, 2.05) is 6.92 Å². The lowest BCUT2D eigenvalue weighted by Gasteiger charge is -2.09. The molecule has 0 atom stereocenters. The highest BCUT2D eigenvalue weighted by molar-refractivity contribution is 6.29. The first kappa shape index (κ1) is 13.2. The van der Waals surface area contributed by atoms with Crippen molar-refractivity contribution in [3.63, 3.8) is 0 Å². The third kappa shape index (κ3) is 5.17. The average Bonchev–Trinajstić information content (AvgIpc) is 2.27. The number of hydrogen-bond acceptors (Lipinski definition) is 5. The van der Waals surface area contributed by atoms with Gasteiger partial charge in [-0.05, 0) is 18.6 Å². The molecule has 0 aromatic carbocycles. The van der Waals surface area contributed by atoms with E-state index in [2.05, 4.69) is 15.6 Å². The van der Waals surface area contributed by atoms with Crippen molar-refractivity contribution in [1.29, 1.82) is 0 Å². The molecule has 1 aromatic rings. The number of nitrogens with one attached hydrogen (secondary N) is 2. The number of nitrogens with zero attached hydrogens (tertiary/aromatic N) is 2. The van der Waals surface area contributed by atoms with E-state index < -0.39 is 4.92 Å². The molecule has 17 heavy (non-hydrogen) atoms. The predicted octanol–water partition coefficient (Wildman–Crippen LogP) is 1.51. The van der Waals surface area contributed by atoms with Crippen molar-refractivity contribution in [2.45, 2.75) is 13.5 Å². The number of pyridine rings is 1. The van der Waals surface area contributed by atoms with Crippen LogP contribution < -0.4 is 10.6 Å². The van der Waals surface area contributed by atoms with Crippen LogP contribution in [0.25, 0.3) is 0 Å². The lowest BCUT2D eigenvalue weighted by Crippen LogP contribution is -2.26. The van der Waals surface area contributed by atoms with Crippen molar-refractivity contribution in [1.82, 2.24) is 15.6 Å². The monoisotopic (exact) mass is 256 g/mol. The van der Waals surface area contributed by atoms with Crippen molar-refractivity contribution < 1.29 is 4.92 Å². The van der Waals surface area contributed by atoms with Crippen molar-refractivity contribution in [3.05, 3.63) is 51.2 Å². The van der Waals surface area contributed by atoms with Crippen LogP contribution in [0, 0.1) is 10.1 Å². The largest absolute Gasteiger partial charge is 0.367 e. The molecule has 2 N–H and O–H groups in total. The van der Waals surface area contributed by atoms with Crippen molar-refractivity contribution in [3.8, 4) is 0 Å². The normalized spacial score (nSPS) is 11.1. The van der Waals surface area contributed by atoms with Gasteiger partial charge in [0, 0.05) is 19.3 Å². The second kappa shape index (κ2) is 6.70. The first-order chi connectivity index (χ1) is 8.11. The summed E-state index contributed by atoms with van der Waals surface area (Å²) in [6.07, 6.45) is 2.51. The molecule has 0 unspecified atom stereocenters. The van der Waals surface area contributed by atoms with Gasteiger partial charge in [-0.1, -0.05) is 17.7 Å². The molecule has 1 heterocycles. The average molecular weight is 257 g/mol. The number of halogens is 1. The van der Waals surface area contributed by atoms with E-state index in [9.17, 15) is 10.1 Å². The summed E-state index contributed by atoms with van der Waals surface area (Å²) in [6, 6.07) is 3.47. The minimum Gasteiger partial charge on any atom is -0.367 e. The molecule has 0 amide bonds. The van der Waals surface area contributed by atoms with E-state index in [0.717, 1.165) is 11.8 Å². The Hall–Kier alpha value is -1.82. The van der Waals surface area contributed by atoms with Crippen LogP contribution in [0.5, 0.6) is 0 Å². The van der Waals surface area contributed by atoms with E-state index >= 15 is 0 Å². The molecule has 7 heteroatoms. The standard InChI is InChI=1S/C10H13ClN4O2/c1-2-12-10(7-15(16)17)14-6-8-3-4-9(11)13-5-8/h3-5,7,12,14H,2,6H2,1H3/b10-7+. The lowest BCUT2D eigenvalue weighted by atomic mass is 10.3. The Balaban J connectivity index is 2.57. The Bertz CT molecular complexity index is 405. The van der Waals surface area contributed by atoms with Crippen LogP contribution in [0.2, 0.25) is 5.15 Å². The zero-order valence-electron chi connectivity index (χ0n) is 9.31. The lowest BCUT2D eigenvalue weighted by molar-refractivity contribution is -0.404. The van der Waals surface area contributed by atoms with Crippen molar-refractivity contribution in [2.75, 3.05) is 6.54 Å². The summed E-state index contributed by atoms with van der Waals surface area (Å²) in [4.78, 5) is 13.8. The topological polar surface area (TPSA) is 80.1 Å². The van der Waals surface area contributed by atoms with Gasteiger partial charge >= 0.3 is 0 Å². The highest BCUT2D eigenvalue weighted by Gasteiger charge is 2.01. The van der Waals surface area contributed by atoms with Crippen LogP contribution in [-0.2, 0) is 6.54 Å². The van der Waals surface area contributed by atoms with E-state index in [1.165, 1.54) is 0 Å². The molecule has 6 nitrogen and oxygen atoms in total. The molecule has 1 rings (SSSR count). The zero-order valence-corrected chi connectivity index (χ0v) is 10.1. The van der Waals surface area contributed by atoms with Gasteiger partial charge in [0.2, 0.25) is 0 Å². The highest BCUT2D eigenvalue weighted by atomic mass is 35.5. The molecule has 0 bridgehead atoms. The van der Waals surface area contributed by atoms with E-state index in [1.54, 1.807) is 18.3 Å². The molecule has 92 valence electrons. The molecular weight excluding hydrogens is 244 g/mol. The first-order valence-corrected chi connectivity index (χ1v) is 5.43. The Morgan fingerprint density at radius 2 is 2.35 bits per heavy atom. The Morgan fingerprint density at radius 1 is 1.59 bits per heavy atom. The molecule has 0 radical (unpaired) electrons. The summed E-state index contributed by atoms with van der Waals surface area (Å²) >= 11 is 5.65. The van der Waals surface area contributed by atoms with Crippen LogP contribution in [-0.4, -0.2) is 16.5 Å². The fourth-order valence-electron chi connectivity index (χ4n) is 1.16. The molecule has 0 saturated heterocycles. The second-order valence-corrected chi connectivity index (χ2v) is 3.59. The summed E-state index contributed by atoms with van der Waals surface area (Å²) in [5.74, 6) is 0.368. The summed E-state index contributed by atoms with van der Waals surface area (Å²) < 4.78 is 0. The minimum atomic E-state index is -0.509. The summed E-state index contributed by atoms with van der Waals surface area (Å²) in [7, 11) is 0. The van der Waals surface area contributed by atoms with E-state index in [-0.39, 0.29) is 0 Å². The zero-order chi connectivity index (χ0) is 12.7. The van der Waals surface area contributed by atoms with Crippen LogP contribution in [0.4, 0.5) is 0 Å². The SMILES string of the molecule is CCN/C(=C\[N+](=O)[O-])NCc1ccc(Cl)nc1. The van der Waals surface area contributed by atoms with Crippen LogP contribution >= 0.6 is 11.6 Å². The van der Waals surface area contributed by atoms with Gasteiger partial charge in [0.15, 0.2) is 5.82 Å². The van der Waals surface area contributed by atoms with E-state index in [4.69, 9.17) is 11.6 Å². The van der Waals surface area contributed by atoms with Gasteiger partial charge in [0.05, 0.1) is 4.92 Å². The molecular formula is C10H13ClN4O2. The third-order valence-electron chi connectivity index (χ3n) is 1.87. The maximum absolute atomic E-state index is 10.4. The van der Waals surface area contributed by atoms with Gasteiger partial charge in [-0.15, -0.1) is 0 Å². The Morgan fingerprint density at radius 3 is 2.88 bits per heavy atom. The molecule has 1 aromatic heterocycles. The summed E-state index contributed by atoms with van der Waals surface area (Å²) in [5.41, 5.74) is 0.890. The third-order valence-corrected chi connectivity index (χ3v) is 2.10. The first-order valence-electron chi connectivity index (χ1n) is 5.05. The number of rotatable bonds is 6. The van der Waals surface area contributed by atoms with Crippen LogP contribution in [0.15, 0.2) is 30.4 Å². The number of hydrogen-bond donors (Lipinski definition) is 2. The second-order valence-electron chi connectivity index (χ2n) is 3.20. The van der Waals surface area contributed by atoms with Gasteiger partial charge < -0.3 is 10.6 Å². The van der Waals surface area contributed by atoms with Crippen molar-refractivity contribution >= 4 is 11.6 Å². The van der Waals surface area contributed by atoms with Gasteiger partial charge in [0.1, 0.15) is 5.15 Å². The molecule has 0 aliphatic heterocycles. The molecule has 0 aliphatic carbocycles. The summed E-state index contributed by atoms with van der Waals surface area (Å²) in [6.45, 7) is 2.90. The predicted molar refractivity (Wildman–Crippen MR) is 64.8 cm³/mol. The molecule has 0 spiro atoms. The van der Waals surface area contributed by atoms with Crippen LogP contribution in [0.1, 0.15) is 12.5 Å². The smallest absolute Gasteiger partial charge is 0.274 e. The fourth-order valence-corrected chi connectivity index (χ4v) is 1.27. The van der Waals surface area contributed by atoms with Gasteiger partial charge in [0.25, 0.3) is 6.20 Å². The Kier molecular flexibility index (Phi) is 5.22. The number of nitro groups is 1. The number of aromatic nitrogens is 1. The van der Waals surface area contributed by atoms with Gasteiger partial charge in [-0.3, -0.25) is 10.1 Å².